The van der Waals surface area contributed by atoms with E-state index >= 15 is 0 Å². The maximum Gasteiger partial charge on any atom is 0.353 e. The number of benzene rings is 1. The molecule has 0 spiro atoms. The molecule has 1 aromatic carbocycles. The Morgan fingerprint density at radius 1 is 1.00 bits per heavy atom. The van der Waals surface area contributed by atoms with Crippen LogP contribution in [0.4, 0.5) is 28.7 Å². The van der Waals surface area contributed by atoms with Gasteiger partial charge in [-0.2, -0.15) is 0 Å². The fourth-order valence-corrected chi connectivity index (χ4v) is 2.30. The van der Waals surface area contributed by atoms with Crippen LogP contribution in [0.25, 0.3) is 0 Å². The summed E-state index contributed by atoms with van der Waals surface area (Å²) < 4.78 is 0. The number of pyridine rings is 1. The van der Waals surface area contributed by atoms with Crippen LogP contribution < -0.4 is 10.6 Å². The highest BCUT2D eigenvalue weighted by Gasteiger charge is 2.23. The van der Waals surface area contributed by atoms with Gasteiger partial charge in [-0.1, -0.05) is 12.1 Å². The van der Waals surface area contributed by atoms with Crippen molar-refractivity contribution < 1.29 is 4.92 Å². The summed E-state index contributed by atoms with van der Waals surface area (Å²) in [7, 11) is 0. The third-order valence-corrected chi connectivity index (χ3v) is 3.59. The zero-order valence-corrected chi connectivity index (χ0v) is 13.7. The van der Waals surface area contributed by atoms with Crippen LogP contribution in [0, 0.1) is 24.0 Å². The van der Waals surface area contributed by atoms with E-state index in [0.717, 1.165) is 16.8 Å². The molecule has 8 heteroatoms. The largest absolute Gasteiger partial charge is 0.353 e. The van der Waals surface area contributed by atoms with Crippen molar-refractivity contribution in [3.8, 4) is 0 Å². The van der Waals surface area contributed by atoms with E-state index in [9.17, 15) is 10.1 Å². The first-order chi connectivity index (χ1) is 12.0. The van der Waals surface area contributed by atoms with Crippen molar-refractivity contribution >= 4 is 28.7 Å². The number of anilines is 4. The molecule has 0 amide bonds. The molecule has 0 aliphatic heterocycles. The SMILES string of the molecule is Cc1ccc(C)c(Nc2ncnc(Nc3ccncc3)c2[N+](=O)[O-])c1. The summed E-state index contributed by atoms with van der Waals surface area (Å²) in [4.78, 5) is 23.1. The minimum Gasteiger partial charge on any atom is -0.334 e. The molecule has 0 saturated heterocycles. The normalized spacial score (nSPS) is 10.3. The van der Waals surface area contributed by atoms with Crippen molar-refractivity contribution in [1.29, 1.82) is 0 Å². The summed E-state index contributed by atoms with van der Waals surface area (Å²) >= 11 is 0. The molecule has 3 aromatic rings. The van der Waals surface area contributed by atoms with Gasteiger partial charge >= 0.3 is 5.69 Å². The van der Waals surface area contributed by atoms with Crippen LogP contribution in [0.3, 0.4) is 0 Å². The smallest absolute Gasteiger partial charge is 0.334 e. The zero-order valence-electron chi connectivity index (χ0n) is 13.7. The molecule has 2 heterocycles. The molecule has 0 aliphatic rings. The molecule has 25 heavy (non-hydrogen) atoms. The Labute approximate surface area is 144 Å². The number of nitro groups is 1. The number of nitrogens with zero attached hydrogens (tertiary/aromatic N) is 4. The lowest BCUT2D eigenvalue weighted by atomic mass is 10.1. The molecule has 0 aliphatic carbocycles. The highest BCUT2D eigenvalue weighted by molar-refractivity contribution is 5.77. The first-order valence-corrected chi connectivity index (χ1v) is 7.55. The van der Waals surface area contributed by atoms with Gasteiger partial charge in [-0.05, 0) is 43.2 Å². The van der Waals surface area contributed by atoms with Crippen LogP contribution in [0.2, 0.25) is 0 Å². The average Bonchev–Trinajstić information content (AvgIpc) is 2.59. The molecule has 0 fully saturated rings. The van der Waals surface area contributed by atoms with Gasteiger partial charge in [0.1, 0.15) is 6.33 Å². The first kappa shape index (κ1) is 16.3. The quantitative estimate of drug-likeness (QED) is 0.538. The van der Waals surface area contributed by atoms with Crippen molar-refractivity contribution in [3.63, 3.8) is 0 Å². The van der Waals surface area contributed by atoms with Gasteiger partial charge in [0.05, 0.1) is 4.92 Å². The van der Waals surface area contributed by atoms with Crippen LogP contribution in [0.5, 0.6) is 0 Å². The van der Waals surface area contributed by atoms with Gasteiger partial charge < -0.3 is 10.6 Å². The number of rotatable bonds is 5. The Balaban J connectivity index is 2.01. The second-order valence-electron chi connectivity index (χ2n) is 5.48. The fraction of sp³-hybridized carbons (Fsp3) is 0.118. The standard InChI is InChI=1S/C17H16N6O2/c1-11-3-4-12(2)14(9-11)22-17-15(23(24)25)16(19-10-20-17)21-13-5-7-18-8-6-13/h3-10H,1-2H3,(H2,18,19,20,21,22). The van der Waals surface area contributed by atoms with E-state index in [4.69, 9.17) is 0 Å². The number of aryl methyl sites for hydroxylation is 2. The highest BCUT2D eigenvalue weighted by Crippen LogP contribution is 2.33. The Hall–Kier alpha value is -3.55. The fourth-order valence-electron chi connectivity index (χ4n) is 2.30. The Morgan fingerprint density at radius 3 is 2.36 bits per heavy atom. The Kier molecular flexibility index (Phi) is 4.51. The van der Waals surface area contributed by atoms with Crippen molar-refractivity contribution in [2.75, 3.05) is 10.6 Å². The molecule has 2 N–H and O–H groups in total. The van der Waals surface area contributed by atoms with Gasteiger partial charge in [0.25, 0.3) is 0 Å². The molecule has 126 valence electrons. The number of aromatic nitrogens is 3. The topological polar surface area (TPSA) is 106 Å². The van der Waals surface area contributed by atoms with E-state index < -0.39 is 4.92 Å². The van der Waals surface area contributed by atoms with Crippen LogP contribution in [-0.4, -0.2) is 19.9 Å². The molecule has 2 aromatic heterocycles. The summed E-state index contributed by atoms with van der Waals surface area (Å²) in [6.07, 6.45) is 4.46. The van der Waals surface area contributed by atoms with Gasteiger partial charge in [0.15, 0.2) is 0 Å². The zero-order chi connectivity index (χ0) is 17.8. The van der Waals surface area contributed by atoms with E-state index in [1.807, 2.05) is 32.0 Å². The van der Waals surface area contributed by atoms with E-state index in [1.165, 1.54) is 6.33 Å². The predicted octanol–water partition coefficient (Wildman–Crippen LogP) is 3.88. The molecule has 0 atom stereocenters. The molecule has 0 saturated carbocycles. The molecular formula is C17H16N6O2. The summed E-state index contributed by atoms with van der Waals surface area (Å²) in [5.41, 5.74) is 3.19. The minimum absolute atomic E-state index is 0.110. The van der Waals surface area contributed by atoms with Crippen LogP contribution in [0.15, 0.2) is 49.1 Å². The molecule has 8 nitrogen and oxygen atoms in total. The second-order valence-corrected chi connectivity index (χ2v) is 5.48. The van der Waals surface area contributed by atoms with Crippen LogP contribution in [0.1, 0.15) is 11.1 Å². The van der Waals surface area contributed by atoms with Crippen LogP contribution >= 0.6 is 0 Å². The molecule has 0 unspecified atom stereocenters. The average molecular weight is 336 g/mol. The van der Waals surface area contributed by atoms with Crippen LogP contribution in [-0.2, 0) is 0 Å². The summed E-state index contributed by atoms with van der Waals surface area (Å²) in [6, 6.07) is 9.23. The summed E-state index contributed by atoms with van der Waals surface area (Å²) in [5, 5.41) is 17.6. The molecule has 0 radical (unpaired) electrons. The third-order valence-electron chi connectivity index (χ3n) is 3.59. The monoisotopic (exact) mass is 336 g/mol. The van der Waals surface area contributed by atoms with Crippen molar-refractivity contribution in [2.24, 2.45) is 0 Å². The minimum atomic E-state index is -0.503. The maximum absolute atomic E-state index is 11.6. The second kappa shape index (κ2) is 6.91. The molecular weight excluding hydrogens is 320 g/mol. The van der Waals surface area contributed by atoms with E-state index in [0.29, 0.717) is 5.69 Å². The molecule has 3 rings (SSSR count). The van der Waals surface area contributed by atoms with Crippen molar-refractivity contribution in [3.05, 3.63) is 70.3 Å². The van der Waals surface area contributed by atoms with Gasteiger partial charge in [-0.25, -0.2) is 9.97 Å². The summed E-state index contributed by atoms with van der Waals surface area (Å²) in [5.74, 6) is 0.240. The lowest BCUT2D eigenvalue weighted by Gasteiger charge is -2.12. The predicted molar refractivity (Wildman–Crippen MR) is 95.4 cm³/mol. The van der Waals surface area contributed by atoms with E-state index in [1.54, 1.807) is 24.5 Å². The lowest BCUT2D eigenvalue weighted by Crippen LogP contribution is -2.06. The van der Waals surface area contributed by atoms with Crippen molar-refractivity contribution in [2.45, 2.75) is 13.8 Å². The maximum atomic E-state index is 11.6. The summed E-state index contributed by atoms with van der Waals surface area (Å²) in [6.45, 7) is 3.88. The number of hydrogen-bond donors (Lipinski definition) is 2. The van der Waals surface area contributed by atoms with Gasteiger partial charge in [-0.15, -0.1) is 0 Å². The lowest BCUT2D eigenvalue weighted by molar-refractivity contribution is -0.383. The van der Waals surface area contributed by atoms with Gasteiger partial charge in [0.2, 0.25) is 11.6 Å². The van der Waals surface area contributed by atoms with E-state index in [-0.39, 0.29) is 17.3 Å². The number of nitrogens with one attached hydrogen (secondary N) is 2. The highest BCUT2D eigenvalue weighted by atomic mass is 16.6. The first-order valence-electron chi connectivity index (χ1n) is 7.55. The van der Waals surface area contributed by atoms with Gasteiger partial charge in [-0.3, -0.25) is 15.1 Å². The molecule has 0 bridgehead atoms. The van der Waals surface area contributed by atoms with E-state index in [2.05, 4.69) is 25.6 Å². The van der Waals surface area contributed by atoms with Gasteiger partial charge in [0, 0.05) is 23.8 Å². The number of hydrogen-bond acceptors (Lipinski definition) is 7. The third kappa shape index (κ3) is 3.69. The Bertz CT molecular complexity index is 914. The Morgan fingerprint density at radius 2 is 1.68 bits per heavy atom. The van der Waals surface area contributed by atoms with Crippen molar-refractivity contribution in [1.82, 2.24) is 15.0 Å².